The molecule has 2 aliphatic rings. The van der Waals surface area contributed by atoms with Crippen LogP contribution in [0.2, 0.25) is 0 Å². The Bertz CT molecular complexity index is 901. The number of fused-ring (bicyclic) bond motifs is 1. The zero-order valence-electron chi connectivity index (χ0n) is 14.9. The van der Waals surface area contributed by atoms with E-state index >= 15 is 0 Å². The van der Waals surface area contributed by atoms with Crippen molar-refractivity contribution in [3.05, 3.63) is 52.9 Å². The molecule has 6 nitrogen and oxygen atoms in total. The highest BCUT2D eigenvalue weighted by Gasteiger charge is 2.23. The van der Waals surface area contributed by atoms with E-state index in [4.69, 9.17) is 14.6 Å². The van der Waals surface area contributed by atoms with E-state index in [9.17, 15) is 4.39 Å². The summed E-state index contributed by atoms with van der Waals surface area (Å²) < 4.78 is 26.5. The Kier molecular flexibility index (Phi) is 4.46. The fraction of sp³-hybridized carbons (Fsp3) is 0.368. The van der Waals surface area contributed by atoms with E-state index in [1.807, 2.05) is 6.92 Å². The Hall–Kier alpha value is -2.67. The quantitative estimate of drug-likeness (QED) is 0.915. The van der Waals surface area contributed by atoms with Gasteiger partial charge in [0, 0.05) is 35.9 Å². The minimum Gasteiger partial charge on any atom is -0.479 e. The molecule has 0 radical (unpaired) electrons. The van der Waals surface area contributed by atoms with Crippen molar-refractivity contribution in [1.82, 2.24) is 20.1 Å². The van der Waals surface area contributed by atoms with Crippen molar-refractivity contribution in [1.29, 1.82) is 0 Å². The molecular formula is C19H21FN4O2. The number of nitrogens with one attached hydrogen (secondary N) is 1. The van der Waals surface area contributed by atoms with Gasteiger partial charge >= 0.3 is 0 Å². The highest BCUT2D eigenvalue weighted by Crippen LogP contribution is 2.29. The SMILES string of the molecule is COc1ncc(-n2nc(C3=CCNC(C)=C3)c3c2CCOCC3)cc1F. The van der Waals surface area contributed by atoms with Crippen molar-refractivity contribution in [2.75, 3.05) is 26.9 Å². The second kappa shape index (κ2) is 6.92. The number of ether oxygens (including phenoxy) is 2. The minimum absolute atomic E-state index is 0.0184. The standard InChI is InChI=1S/C19H21FN4O2/c1-12-9-13(3-6-21-12)18-15-4-7-26-8-5-17(15)24(23-18)14-10-16(20)19(25-2)22-11-14/h3,9-11,21H,4-8H2,1-2H3. The monoisotopic (exact) mass is 356 g/mol. The molecule has 1 N–H and O–H groups in total. The Balaban J connectivity index is 1.85. The second-order valence-electron chi connectivity index (χ2n) is 6.35. The van der Waals surface area contributed by atoms with Gasteiger partial charge in [-0.3, -0.25) is 0 Å². The van der Waals surface area contributed by atoms with Crippen LogP contribution in [0.25, 0.3) is 11.3 Å². The highest BCUT2D eigenvalue weighted by atomic mass is 19.1. The Morgan fingerprint density at radius 2 is 2.15 bits per heavy atom. The van der Waals surface area contributed by atoms with Crippen molar-refractivity contribution >= 4 is 5.57 Å². The number of pyridine rings is 1. The molecule has 4 rings (SSSR count). The number of hydrogen-bond acceptors (Lipinski definition) is 5. The van der Waals surface area contributed by atoms with Gasteiger partial charge in [0.25, 0.3) is 0 Å². The summed E-state index contributed by atoms with van der Waals surface area (Å²) in [4.78, 5) is 4.05. The fourth-order valence-corrected chi connectivity index (χ4v) is 3.41. The van der Waals surface area contributed by atoms with Crippen molar-refractivity contribution in [3.8, 4) is 11.6 Å². The minimum atomic E-state index is -0.502. The van der Waals surface area contributed by atoms with Crippen LogP contribution < -0.4 is 10.1 Å². The third-order valence-electron chi connectivity index (χ3n) is 4.65. The van der Waals surface area contributed by atoms with Gasteiger partial charge in [0.15, 0.2) is 5.82 Å². The number of aromatic nitrogens is 3. The molecule has 0 fully saturated rings. The normalized spacial score (nSPS) is 16.9. The molecule has 0 unspecified atom stereocenters. The number of rotatable bonds is 3. The van der Waals surface area contributed by atoms with Crippen LogP contribution in [0.15, 0.2) is 30.1 Å². The van der Waals surface area contributed by atoms with E-state index < -0.39 is 5.82 Å². The van der Waals surface area contributed by atoms with E-state index in [1.165, 1.54) is 13.2 Å². The highest BCUT2D eigenvalue weighted by molar-refractivity contribution is 5.76. The first kappa shape index (κ1) is 16.8. The zero-order chi connectivity index (χ0) is 18.1. The molecule has 26 heavy (non-hydrogen) atoms. The molecule has 0 saturated heterocycles. The van der Waals surface area contributed by atoms with Gasteiger partial charge in [0.1, 0.15) is 0 Å². The molecule has 136 valence electrons. The van der Waals surface area contributed by atoms with Crippen molar-refractivity contribution in [2.45, 2.75) is 19.8 Å². The molecule has 0 aromatic carbocycles. The van der Waals surface area contributed by atoms with E-state index in [2.05, 4.69) is 22.5 Å². The molecule has 0 atom stereocenters. The van der Waals surface area contributed by atoms with E-state index in [-0.39, 0.29) is 5.88 Å². The average molecular weight is 356 g/mol. The topological polar surface area (TPSA) is 61.2 Å². The lowest BCUT2D eigenvalue weighted by atomic mass is 10.0. The van der Waals surface area contributed by atoms with Crippen LogP contribution in [-0.4, -0.2) is 41.6 Å². The molecule has 0 amide bonds. The predicted octanol–water partition coefficient (Wildman–Crippen LogP) is 2.42. The summed E-state index contributed by atoms with van der Waals surface area (Å²) in [5.41, 5.74) is 5.92. The Labute approximate surface area is 151 Å². The predicted molar refractivity (Wildman–Crippen MR) is 95.8 cm³/mol. The lowest BCUT2D eigenvalue weighted by molar-refractivity contribution is 0.145. The Morgan fingerprint density at radius 3 is 2.92 bits per heavy atom. The molecule has 0 spiro atoms. The van der Waals surface area contributed by atoms with Gasteiger partial charge in [-0.15, -0.1) is 0 Å². The Morgan fingerprint density at radius 1 is 1.31 bits per heavy atom. The first-order chi connectivity index (χ1) is 12.7. The smallest absolute Gasteiger partial charge is 0.250 e. The lowest BCUT2D eigenvalue weighted by Crippen LogP contribution is -2.15. The number of nitrogens with zero attached hydrogens (tertiary/aromatic N) is 3. The number of halogens is 1. The second-order valence-corrected chi connectivity index (χ2v) is 6.35. The van der Waals surface area contributed by atoms with Crippen LogP contribution in [0.3, 0.4) is 0 Å². The van der Waals surface area contributed by atoms with Gasteiger partial charge in [-0.2, -0.15) is 5.10 Å². The van der Waals surface area contributed by atoms with Crippen LogP contribution in [0, 0.1) is 5.82 Å². The molecule has 0 aliphatic carbocycles. The van der Waals surface area contributed by atoms with Crippen molar-refractivity contribution < 1.29 is 13.9 Å². The maximum absolute atomic E-state index is 14.2. The number of allylic oxidation sites excluding steroid dienone is 3. The summed E-state index contributed by atoms with van der Waals surface area (Å²) in [6.07, 6.45) is 7.31. The van der Waals surface area contributed by atoms with Gasteiger partial charge in [0.2, 0.25) is 5.88 Å². The fourth-order valence-electron chi connectivity index (χ4n) is 3.41. The summed E-state index contributed by atoms with van der Waals surface area (Å²) >= 11 is 0. The summed E-state index contributed by atoms with van der Waals surface area (Å²) in [6, 6.07) is 1.41. The van der Waals surface area contributed by atoms with Crippen LogP contribution in [-0.2, 0) is 17.6 Å². The maximum Gasteiger partial charge on any atom is 0.250 e. The molecule has 7 heteroatoms. The third kappa shape index (κ3) is 2.99. The zero-order valence-corrected chi connectivity index (χ0v) is 14.9. The number of dihydropyridines is 1. The van der Waals surface area contributed by atoms with Crippen LogP contribution >= 0.6 is 0 Å². The summed E-state index contributed by atoms with van der Waals surface area (Å²) in [5.74, 6) is -0.521. The van der Waals surface area contributed by atoms with Gasteiger partial charge in [0.05, 0.1) is 43.6 Å². The lowest BCUT2D eigenvalue weighted by Gasteiger charge is -2.12. The molecular weight excluding hydrogens is 335 g/mol. The summed E-state index contributed by atoms with van der Waals surface area (Å²) in [7, 11) is 1.40. The number of methoxy groups -OCH3 is 1. The van der Waals surface area contributed by atoms with Gasteiger partial charge in [-0.1, -0.05) is 6.08 Å². The van der Waals surface area contributed by atoms with Crippen LogP contribution in [0.5, 0.6) is 5.88 Å². The van der Waals surface area contributed by atoms with E-state index in [0.717, 1.165) is 47.6 Å². The van der Waals surface area contributed by atoms with Gasteiger partial charge < -0.3 is 14.8 Å². The average Bonchev–Trinajstić information content (AvgIpc) is 2.83. The van der Waals surface area contributed by atoms with E-state index in [0.29, 0.717) is 18.9 Å². The summed E-state index contributed by atoms with van der Waals surface area (Å²) in [5, 5.41) is 8.12. The summed E-state index contributed by atoms with van der Waals surface area (Å²) in [6.45, 7) is 4.10. The third-order valence-corrected chi connectivity index (χ3v) is 4.65. The molecule has 2 aliphatic heterocycles. The maximum atomic E-state index is 14.2. The first-order valence-corrected chi connectivity index (χ1v) is 8.68. The molecule has 0 saturated carbocycles. The molecule has 2 aromatic heterocycles. The van der Waals surface area contributed by atoms with Crippen molar-refractivity contribution in [3.63, 3.8) is 0 Å². The molecule has 0 bridgehead atoms. The molecule has 2 aromatic rings. The van der Waals surface area contributed by atoms with E-state index in [1.54, 1.807) is 10.9 Å². The van der Waals surface area contributed by atoms with Crippen LogP contribution in [0.4, 0.5) is 4.39 Å². The van der Waals surface area contributed by atoms with Crippen LogP contribution in [0.1, 0.15) is 23.9 Å². The van der Waals surface area contributed by atoms with Crippen molar-refractivity contribution in [2.24, 2.45) is 0 Å². The van der Waals surface area contributed by atoms with Gasteiger partial charge in [-0.25, -0.2) is 14.1 Å². The first-order valence-electron chi connectivity index (χ1n) is 8.68. The largest absolute Gasteiger partial charge is 0.479 e. The number of hydrogen-bond donors (Lipinski definition) is 1. The molecule has 4 heterocycles. The van der Waals surface area contributed by atoms with Gasteiger partial charge in [-0.05, 0) is 19.4 Å².